The van der Waals surface area contributed by atoms with Gasteiger partial charge in [-0.1, -0.05) is 30.3 Å². The summed E-state index contributed by atoms with van der Waals surface area (Å²) in [5.41, 5.74) is 3.24. The van der Waals surface area contributed by atoms with E-state index in [9.17, 15) is 9.59 Å². The molecule has 2 heterocycles. The van der Waals surface area contributed by atoms with Crippen molar-refractivity contribution in [1.82, 2.24) is 9.88 Å². The molecule has 0 aliphatic carbocycles. The molecule has 136 valence electrons. The topological polar surface area (TPSA) is 70.5 Å². The zero-order valence-corrected chi connectivity index (χ0v) is 15.0. The van der Waals surface area contributed by atoms with Crippen LogP contribution in [0.2, 0.25) is 0 Å². The van der Waals surface area contributed by atoms with Gasteiger partial charge in [0.25, 0.3) is 5.91 Å². The van der Waals surface area contributed by atoms with E-state index in [4.69, 9.17) is 5.11 Å². The Kier molecular flexibility index (Phi) is 5.66. The number of aromatic nitrogens is 1. The molecular weight excluding hydrogens is 328 g/mol. The molecule has 1 fully saturated rings. The van der Waals surface area contributed by atoms with Gasteiger partial charge in [0.15, 0.2) is 0 Å². The Morgan fingerprint density at radius 2 is 1.96 bits per heavy atom. The van der Waals surface area contributed by atoms with Gasteiger partial charge in [0, 0.05) is 25.1 Å². The van der Waals surface area contributed by atoms with Crippen molar-refractivity contribution in [3.05, 3.63) is 53.7 Å². The van der Waals surface area contributed by atoms with E-state index in [2.05, 4.69) is 4.98 Å². The largest absolute Gasteiger partial charge is 0.481 e. The SMILES string of the molecule is Cc1nc(-c2ccccc2)ccc1C(=O)N1CCCC(CCC(=O)O)C1. The Morgan fingerprint density at radius 1 is 1.19 bits per heavy atom. The van der Waals surface area contributed by atoms with Crippen molar-refractivity contribution in [2.45, 2.75) is 32.6 Å². The van der Waals surface area contributed by atoms with Crippen LogP contribution in [0.5, 0.6) is 0 Å². The smallest absolute Gasteiger partial charge is 0.303 e. The van der Waals surface area contributed by atoms with Gasteiger partial charge in [0.2, 0.25) is 0 Å². The van der Waals surface area contributed by atoms with E-state index in [1.807, 2.05) is 54.3 Å². The molecule has 1 aromatic heterocycles. The van der Waals surface area contributed by atoms with Crippen molar-refractivity contribution in [2.24, 2.45) is 5.92 Å². The van der Waals surface area contributed by atoms with Crippen molar-refractivity contribution < 1.29 is 14.7 Å². The van der Waals surface area contributed by atoms with Gasteiger partial charge in [-0.25, -0.2) is 0 Å². The summed E-state index contributed by atoms with van der Waals surface area (Å²) >= 11 is 0. The number of rotatable bonds is 5. The van der Waals surface area contributed by atoms with Crippen LogP contribution in [0.15, 0.2) is 42.5 Å². The highest BCUT2D eigenvalue weighted by Gasteiger charge is 2.26. The molecule has 1 N–H and O–H groups in total. The normalized spacial score (nSPS) is 17.1. The first kappa shape index (κ1) is 18.1. The molecule has 0 spiro atoms. The maximum Gasteiger partial charge on any atom is 0.303 e. The molecule has 0 radical (unpaired) electrons. The number of piperidine rings is 1. The molecule has 1 aliphatic rings. The summed E-state index contributed by atoms with van der Waals surface area (Å²) in [4.78, 5) is 30.2. The second-order valence-corrected chi connectivity index (χ2v) is 6.89. The van der Waals surface area contributed by atoms with E-state index in [-0.39, 0.29) is 18.2 Å². The Balaban J connectivity index is 1.72. The van der Waals surface area contributed by atoms with Crippen LogP contribution in [-0.4, -0.2) is 40.0 Å². The third-order valence-corrected chi connectivity index (χ3v) is 4.96. The van der Waals surface area contributed by atoms with E-state index < -0.39 is 5.97 Å². The third kappa shape index (κ3) is 4.28. The first-order valence-corrected chi connectivity index (χ1v) is 9.08. The third-order valence-electron chi connectivity index (χ3n) is 4.96. The number of carbonyl (C=O) groups is 2. The molecular formula is C21H24N2O3. The number of hydrogen-bond acceptors (Lipinski definition) is 3. The van der Waals surface area contributed by atoms with Crippen molar-refractivity contribution >= 4 is 11.9 Å². The predicted octanol–water partition coefficient (Wildman–Crippen LogP) is 3.77. The van der Waals surface area contributed by atoms with Crippen LogP contribution in [0.4, 0.5) is 0 Å². The summed E-state index contributed by atoms with van der Waals surface area (Å²) in [7, 11) is 0. The summed E-state index contributed by atoms with van der Waals surface area (Å²) in [6, 6.07) is 13.6. The lowest BCUT2D eigenvalue weighted by Gasteiger charge is -2.33. The zero-order valence-electron chi connectivity index (χ0n) is 15.0. The fourth-order valence-electron chi connectivity index (χ4n) is 3.54. The van der Waals surface area contributed by atoms with Gasteiger partial charge < -0.3 is 10.0 Å². The summed E-state index contributed by atoms with van der Waals surface area (Å²) in [6.45, 7) is 3.22. The first-order chi connectivity index (χ1) is 12.5. The van der Waals surface area contributed by atoms with Crippen LogP contribution >= 0.6 is 0 Å². The second kappa shape index (κ2) is 8.13. The molecule has 26 heavy (non-hydrogen) atoms. The lowest BCUT2D eigenvalue weighted by molar-refractivity contribution is -0.137. The Hall–Kier alpha value is -2.69. The molecule has 1 unspecified atom stereocenters. The maximum absolute atomic E-state index is 12.9. The highest BCUT2D eigenvalue weighted by Crippen LogP contribution is 2.24. The molecule has 1 aliphatic heterocycles. The van der Waals surface area contributed by atoms with Crippen molar-refractivity contribution in [2.75, 3.05) is 13.1 Å². The maximum atomic E-state index is 12.9. The quantitative estimate of drug-likeness (QED) is 0.889. The van der Waals surface area contributed by atoms with Gasteiger partial charge >= 0.3 is 5.97 Å². The molecule has 1 saturated heterocycles. The number of likely N-dealkylation sites (tertiary alicyclic amines) is 1. The minimum Gasteiger partial charge on any atom is -0.481 e. The molecule has 5 nitrogen and oxygen atoms in total. The summed E-state index contributed by atoms with van der Waals surface area (Å²) in [5, 5.41) is 8.86. The number of carbonyl (C=O) groups excluding carboxylic acids is 1. The molecule has 1 amide bonds. The van der Waals surface area contributed by atoms with E-state index in [0.717, 1.165) is 36.3 Å². The minimum atomic E-state index is -0.773. The number of benzene rings is 1. The zero-order chi connectivity index (χ0) is 18.5. The fourth-order valence-corrected chi connectivity index (χ4v) is 3.54. The number of pyridine rings is 1. The van der Waals surface area contributed by atoms with Crippen LogP contribution in [0.25, 0.3) is 11.3 Å². The molecule has 5 heteroatoms. The van der Waals surface area contributed by atoms with Gasteiger partial charge in [-0.3, -0.25) is 14.6 Å². The number of carboxylic acids is 1. The highest BCUT2D eigenvalue weighted by atomic mass is 16.4. The number of aliphatic carboxylic acids is 1. The van der Waals surface area contributed by atoms with Gasteiger partial charge in [-0.15, -0.1) is 0 Å². The van der Waals surface area contributed by atoms with E-state index >= 15 is 0 Å². The number of carboxylic acid groups (broad SMARTS) is 1. The molecule has 1 aromatic carbocycles. The minimum absolute atomic E-state index is 0.00497. The van der Waals surface area contributed by atoms with Gasteiger partial charge in [0.1, 0.15) is 0 Å². The van der Waals surface area contributed by atoms with E-state index in [1.54, 1.807) is 0 Å². The monoisotopic (exact) mass is 352 g/mol. The average molecular weight is 352 g/mol. The first-order valence-electron chi connectivity index (χ1n) is 9.08. The Morgan fingerprint density at radius 3 is 2.65 bits per heavy atom. The molecule has 0 saturated carbocycles. The predicted molar refractivity (Wildman–Crippen MR) is 99.9 cm³/mol. The van der Waals surface area contributed by atoms with Crippen molar-refractivity contribution in [1.29, 1.82) is 0 Å². The Bertz CT molecular complexity index is 789. The van der Waals surface area contributed by atoms with Gasteiger partial charge in [-0.2, -0.15) is 0 Å². The Labute approximate surface area is 153 Å². The molecule has 0 bridgehead atoms. The van der Waals surface area contributed by atoms with Crippen molar-refractivity contribution in [3.63, 3.8) is 0 Å². The molecule has 3 rings (SSSR count). The summed E-state index contributed by atoms with van der Waals surface area (Å²) in [6.07, 6.45) is 2.70. The van der Waals surface area contributed by atoms with Gasteiger partial charge in [0.05, 0.1) is 17.0 Å². The van der Waals surface area contributed by atoms with E-state index in [1.165, 1.54) is 0 Å². The lowest BCUT2D eigenvalue weighted by atomic mass is 9.93. The van der Waals surface area contributed by atoms with Crippen LogP contribution in [0.1, 0.15) is 41.7 Å². The summed E-state index contributed by atoms with van der Waals surface area (Å²) < 4.78 is 0. The number of hydrogen-bond donors (Lipinski definition) is 1. The number of nitrogens with zero attached hydrogens (tertiary/aromatic N) is 2. The van der Waals surface area contributed by atoms with Crippen LogP contribution in [0.3, 0.4) is 0 Å². The van der Waals surface area contributed by atoms with Crippen molar-refractivity contribution in [3.8, 4) is 11.3 Å². The van der Waals surface area contributed by atoms with Gasteiger partial charge in [-0.05, 0) is 44.2 Å². The van der Waals surface area contributed by atoms with Crippen LogP contribution < -0.4 is 0 Å². The number of aryl methyl sites for hydroxylation is 1. The average Bonchev–Trinajstić information content (AvgIpc) is 2.66. The van der Waals surface area contributed by atoms with E-state index in [0.29, 0.717) is 18.5 Å². The van der Waals surface area contributed by atoms with Crippen LogP contribution in [0, 0.1) is 12.8 Å². The standard InChI is InChI=1S/C21H24N2O3/c1-15-18(10-11-19(22-15)17-7-3-2-4-8-17)21(26)23-13-5-6-16(14-23)9-12-20(24)25/h2-4,7-8,10-11,16H,5-6,9,12-14H2,1H3,(H,24,25). The second-order valence-electron chi connectivity index (χ2n) is 6.89. The fraction of sp³-hybridized carbons (Fsp3) is 0.381. The summed E-state index contributed by atoms with van der Waals surface area (Å²) in [5.74, 6) is -0.514. The molecule has 2 aromatic rings. The number of amides is 1. The highest BCUT2D eigenvalue weighted by molar-refractivity contribution is 5.95. The van der Waals surface area contributed by atoms with Crippen LogP contribution in [-0.2, 0) is 4.79 Å². The lowest BCUT2D eigenvalue weighted by Crippen LogP contribution is -2.40. The molecule has 1 atom stereocenters.